The Balaban J connectivity index is 1.65. The van der Waals surface area contributed by atoms with Gasteiger partial charge in [0.2, 0.25) is 0 Å². The average Bonchev–Trinajstić information content (AvgIpc) is 2.35. The Bertz CT molecular complexity index is 440. The monoisotopic (exact) mass is 263 g/mol. The van der Waals surface area contributed by atoms with Gasteiger partial charge in [0, 0.05) is 19.5 Å². The number of carboxylic acids is 1. The molecule has 1 amide bonds. The van der Waals surface area contributed by atoms with Crippen molar-refractivity contribution in [1.29, 1.82) is 0 Å². The SMILES string of the molecule is O=C(O)CCC1CN(C(=O)OCc2ccccc2)C1. The molecule has 0 atom stereocenters. The maximum Gasteiger partial charge on any atom is 0.410 e. The van der Waals surface area contributed by atoms with E-state index < -0.39 is 5.97 Å². The molecular formula is C14H17NO4. The summed E-state index contributed by atoms with van der Waals surface area (Å²) < 4.78 is 5.18. The molecule has 0 aromatic heterocycles. The molecule has 1 heterocycles. The fourth-order valence-corrected chi connectivity index (χ4v) is 2.04. The molecule has 0 radical (unpaired) electrons. The van der Waals surface area contributed by atoms with E-state index in [1.165, 1.54) is 0 Å². The van der Waals surface area contributed by atoms with Gasteiger partial charge in [0.05, 0.1) is 0 Å². The highest BCUT2D eigenvalue weighted by Gasteiger charge is 2.31. The number of hydrogen-bond acceptors (Lipinski definition) is 3. The van der Waals surface area contributed by atoms with Gasteiger partial charge in [0.15, 0.2) is 0 Å². The van der Waals surface area contributed by atoms with Crippen molar-refractivity contribution in [3.05, 3.63) is 35.9 Å². The van der Waals surface area contributed by atoms with Crippen molar-refractivity contribution in [3.63, 3.8) is 0 Å². The standard InChI is InChI=1S/C14H17NO4/c16-13(17)7-6-12-8-15(9-12)14(18)19-10-11-4-2-1-3-5-11/h1-5,12H,6-10H2,(H,16,17). The molecule has 2 rings (SSSR count). The van der Waals surface area contributed by atoms with Crippen LogP contribution in [0.3, 0.4) is 0 Å². The molecular weight excluding hydrogens is 246 g/mol. The van der Waals surface area contributed by atoms with E-state index in [1.807, 2.05) is 30.3 Å². The fourth-order valence-electron chi connectivity index (χ4n) is 2.04. The Labute approximate surface area is 111 Å². The van der Waals surface area contributed by atoms with Crippen LogP contribution in [-0.4, -0.2) is 35.2 Å². The van der Waals surface area contributed by atoms with Crippen molar-refractivity contribution in [2.45, 2.75) is 19.4 Å². The van der Waals surface area contributed by atoms with E-state index >= 15 is 0 Å². The van der Waals surface area contributed by atoms with Crippen molar-refractivity contribution in [2.75, 3.05) is 13.1 Å². The quantitative estimate of drug-likeness (QED) is 0.883. The number of carboxylic acid groups (broad SMARTS) is 1. The Morgan fingerprint density at radius 2 is 1.95 bits per heavy atom. The second-order valence-electron chi connectivity index (χ2n) is 4.74. The number of nitrogens with zero attached hydrogens (tertiary/aromatic N) is 1. The molecule has 0 bridgehead atoms. The van der Waals surface area contributed by atoms with E-state index in [0.29, 0.717) is 25.4 Å². The number of aliphatic carboxylic acids is 1. The van der Waals surface area contributed by atoms with E-state index in [0.717, 1.165) is 5.56 Å². The average molecular weight is 263 g/mol. The van der Waals surface area contributed by atoms with Gasteiger partial charge in [-0.05, 0) is 17.9 Å². The summed E-state index contributed by atoms with van der Waals surface area (Å²) in [6.45, 7) is 1.47. The van der Waals surface area contributed by atoms with E-state index in [2.05, 4.69) is 0 Å². The third-order valence-electron chi connectivity index (χ3n) is 3.19. The highest BCUT2D eigenvalue weighted by Crippen LogP contribution is 2.21. The molecule has 1 N–H and O–H groups in total. The van der Waals surface area contributed by atoms with Crippen LogP contribution in [0.1, 0.15) is 18.4 Å². The highest BCUT2D eigenvalue weighted by atomic mass is 16.6. The first-order valence-corrected chi connectivity index (χ1v) is 6.32. The minimum absolute atomic E-state index is 0.164. The molecule has 1 aromatic carbocycles. The number of carbonyl (C=O) groups excluding carboxylic acids is 1. The third kappa shape index (κ3) is 3.98. The zero-order valence-corrected chi connectivity index (χ0v) is 10.6. The van der Waals surface area contributed by atoms with E-state index in [4.69, 9.17) is 9.84 Å². The van der Waals surface area contributed by atoms with Crippen molar-refractivity contribution in [3.8, 4) is 0 Å². The number of hydrogen-bond donors (Lipinski definition) is 1. The van der Waals surface area contributed by atoms with Gasteiger partial charge in [0.25, 0.3) is 0 Å². The molecule has 1 fully saturated rings. The predicted molar refractivity (Wildman–Crippen MR) is 68.6 cm³/mol. The summed E-state index contributed by atoms with van der Waals surface area (Å²) in [7, 11) is 0. The summed E-state index contributed by atoms with van der Waals surface area (Å²) in [6, 6.07) is 9.51. The summed E-state index contributed by atoms with van der Waals surface area (Å²) >= 11 is 0. The maximum absolute atomic E-state index is 11.7. The van der Waals surface area contributed by atoms with Crippen LogP contribution in [-0.2, 0) is 16.1 Å². The lowest BCUT2D eigenvalue weighted by atomic mass is 9.95. The van der Waals surface area contributed by atoms with Crippen LogP contribution in [0.2, 0.25) is 0 Å². The molecule has 1 aromatic rings. The van der Waals surface area contributed by atoms with Crippen molar-refractivity contribution >= 4 is 12.1 Å². The predicted octanol–water partition coefficient (Wildman–Crippen LogP) is 2.12. The second kappa shape index (κ2) is 6.22. The lowest BCUT2D eigenvalue weighted by Crippen LogP contribution is -2.50. The third-order valence-corrected chi connectivity index (χ3v) is 3.19. The first-order chi connectivity index (χ1) is 9.15. The zero-order chi connectivity index (χ0) is 13.7. The topological polar surface area (TPSA) is 66.8 Å². The lowest BCUT2D eigenvalue weighted by Gasteiger charge is -2.38. The number of benzene rings is 1. The molecule has 102 valence electrons. The van der Waals surface area contributed by atoms with Gasteiger partial charge in [-0.2, -0.15) is 0 Å². The Hall–Kier alpha value is -2.04. The maximum atomic E-state index is 11.7. The smallest absolute Gasteiger partial charge is 0.410 e. The Morgan fingerprint density at radius 1 is 1.26 bits per heavy atom. The highest BCUT2D eigenvalue weighted by molar-refractivity contribution is 5.69. The zero-order valence-electron chi connectivity index (χ0n) is 10.6. The first-order valence-electron chi connectivity index (χ1n) is 6.32. The molecule has 0 saturated carbocycles. The fraction of sp³-hybridized carbons (Fsp3) is 0.429. The van der Waals surface area contributed by atoms with Gasteiger partial charge in [-0.15, -0.1) is 0 Å². The van der Waals surface area contributed by atoms with Crippen LogP contribution in [0.4, 0.5) is 4.79 Å². The largest absolute Gasteiger partial charge is 0.481 e. The normalized spacial score (nSPS) is 14.8. The van der Waals surface area contributed by atoms with Gasteiger partial charge in [-0.3, -0.25) is 4.79 Å². The van der Waals surface area contributed by atoms with Gasteiger partial charge in [-0.1, -0.05) is 30.3 Å². The summed E-state index contributed by atoms with van der Waals surface area (Å²) in [5.74, 6) is -0.495. The molecule has 0 aliphatic carbocycles. The molecule has 0 spiro atoms. The number of rotatable bonds is 5. The number of carbonyl (C=O) groups is 2. The Kier molecular flexibility index (Phi) is 4.39. The van der Waals surface area contributed by atoms with Gasteiger partial charge >= 0.3 is 12.1 Å². The number of amides is 1. The van der Waals surface area contributed by atoms with Gasteiger partial charge in [0.1, 0.15) is 6.61 Å². The van der Waals surface area contributed by atoms with Crippen LogP contribution >= 0.6 is 0 Å². The van der Waals surface area contributed by atoms with Crippen LogP contribution in [0.25, 0.3) is 0 Å². The van der Waals surface area contributed by atoms with Crippen LogP contribution < -0.4 is 0 Å². The second-order valence-corrected chi connectivity index (χ2v) is 4.74. The summed E-state index contributed by atoms with van der Waals surface area (Å²) in [5.41, 5.74) is 0.957. The molecule has 5 nitrogen and oxygen atoms in total. The summed E-state index contributed by atoms with van der Waals surface area (Å²) in [6.07, 6.45) is 0.463. The number of ether oxygens (including phenoxy) is 1. The van der Waals surface area contributed by atoms with Crippen molar-refractivity contribution in [2.24, 2.45) is 5.92 Å². The summed E-state index contributed by atoms with van der Waals surface area (Å²) in [5, 5.41) is 8.56. The van der Waals surface area contributed by atoms with Gasteiger partial charge in [-0.25, -0.2) is 4.79 Å². The first kappa shape index (κ1) is 13.4. The van der Waals surface area contributed by atoms with E-state index in [-0.39, 0.29) is 19.1 Å². The van der Waals surface area contributed by atoms with Crippen LogP contribution in [0.15, 0.2) is 30.3 Å². The minimum Gasteiger partial charge on any atom is -0.481 e. The molecule has 1 aliphatic rings. The number of likely N-dealkylation sites (tertiary alicyclic amines) is 1. The molecule has 1 saturated heterocycles. The minimum atomic E-state index is -0.787. The van der Waals surface area contributed by atoms with E-state index in [1.54, 1.807) is 4.90 Å². The molecule has 1 aliphatic heterocycles. The van der Waals surface area contributed by atoms with Crippen LogP contribution in [0, 0.1) is 5.92 Å². The molecule has 5 heteroatoms. The van der Waals surface area contributed by atoms with Crippen molar-refractivity contribution < 1.29 is 19.4 Å². The van der Waals surface area contributed by atoms with Gasteiger partial charge < -0.3 is 14.7 Å². The van der Waals surface area contributed by atoms with E-state index in [9.17, 15) is 9.59 Å². The Morgan fingerprint density at radius 3 is 2.58 bits per heavy atom. The molecule has 19 heavy (non-hydrogen) atoms. The lowest BCUT2D eigenvalue weighted by molar-refractivity contribution is -0.137. The summed E-state index contributed by atoms with van der Waals surface area (Å²) in [4.78, 5) is 23.7. The molecule has 0 unspecified atom stereocenters. The van der Waals surface area contributed by atoms with Crippen molar-refractivity contribution in [1.82, 2.24) is 4.90 Å². The van der Waals surface area contributed by atoms with Crippen LogP contribution in [0.5, 0.6) is 0 Å².